The van der Waals surface area contributed by atoms with Crippen LogP contribution in [0.1, 0.15) is 13.8 Å². The number of aromatic nitrogens is 1. The average molecular weight is 260 g/mol. The first-order valence-corrected chi connectivity index (χ1v) is 5.66. The van der Waals surface area contributed by atoms with E-state index in [1.165, 1.54) is 6.20 Å². The van der Waals surface area contributed by atoms with E-state index >= 15 is 0 Å². The van der Waals surface area contributed by atoms with Gasteiger partial charge in [-0.3, -0.25) is 4.79 Å². The van der Waals surface area contributed by atoms with Crippen molar-refractivity contribution in [3.63, 3.8) is 0 Å². The van der Waals surface area contributed by atoms with Gasteiger partial charge < -0.3 is 10.2 Å². The minimum Gasteiger partial charge on any atom is -0.356 e. The highest BCUT2D eigenvalue weighted by atomic mass is 35.5. The summed E-state index contributed by atoms with van der Waals surface area (Å²) < 4.78 is 13.4. The van der Waals surface area contributed by atoms with Gasteiger partial charge in [0, 0.05) is 19.8 Å². The predicted molar refractivity (Wildman–Crippen MR) is 65.6 cm³/mol. The smallest absolute Gasteiger partial charge is 0.244 e. The quantitative estimate of drug-likeness (QED) is 0.901. The van der Waals surface area contributed by atoms with Crippen LogP contribution in [0.4, 0.5) is 10.2 Å². The molecule has 1 heterocycles. The maximum Gasteiger partial charge on any atom is 0.244 e. The van der Waals surface area contributed by atoms with Crippen LogP contribution < -0.4 is 5.32 Å². The maximum absolute atomic E-state index is 13.4. The summed E-state index contributed by atoms with van der Waals surface area (Å²) in [6.07, 6.45) is 1.33. The first-order valence-electron chi connectivity index (χ1n) is 5.28. The monoisotopic (exact) mass is 259 g/mol. The summed E-state index contributed by atoms with van der Waals surface area (Å²) in [6.45, 7) is 4.12. The molecule has 1 amide bonds. The first kappa shape index (κ1) is 13.7. The summed E-state index contributed by atoms with van der Waals surface area (Å²) in [5.74, 6) is -0.667. The summed E-state index contributed by atoms with van der Waals surface area (Å²) in [5, 5.41) is 2.94. The summed E-state index contributed by atoms with van der Waals surface area (Å²) >= 11 is 5.58. The molecule has 1 aromatic heterocycles. The van der Waals surface area contributed by atoms with Gasteiger partial charge >= 0.3 is 0 Å². The molecule has 4 nitrogen and oxygen atoms in total. The van der Waals surface area contributed by atoms with Gasteiger partial charge in [0.05, 0.1) is 5.02 Å². The van der Waals surface area contributed by atoms with Crippen molar-refractivity contribution in [3.05, 3.63) is 23.1 Å². The fourth-order valence-electron chi connectivity index (χ4n) is 1.27. The normalized spacial score (nSPS) is 12.1. The molecule has 0 spiro atoms. The van der Waals surface area contributed by atoms with Crippen LogP contribution in [0, 0.1) is 5.82 Å². The molecule has 17 heavy (non-hydrogen) atoms. The molecule has 1 N–H and O–H groups in total. The average Bonchev–Trinajstić information content (AvgIpc) is 2.30. The van der Waals surface area contributed by atoms with Gasteiger partial charge in [-0.2, -0.15) is 0 Å². The fraction of sp³-hybridized carbons (Fsp3) is 0.455. The molecule has 0 saturated carbocycles. The number of carbonyl (C=O) groups excluding carboxylic acids is 1. The van der Waals surface area contributed by atoms with E-state index in [9.17, 15) is 9.18 Å². The Balaban J connectivity index is 2.74. The third-order valence-electron chi connectivity index (χ3n) is 2.38. The van der Waals surface area contributed by atoms with Crippen molar-refractivity contribution in [2.24, 2.45) is 0 Å². The van der Waals surface area contributed by atoms with Crippen LogP contribution in [0.3, 0.4) is 0 Å². The molecule has 0 aliphatic carbocycles. The fourth-order valence-corrected chi connectivity index (χ4v) is 1.42. The van der Waals surface area contributed by atoms with E-state index in [2.05, 4.69) is 10.3 Å². The van der Waals surface area contributed by atoms with Crippen molar-refractivity contribution in [3.8, 4) is 0 Å². The largest absolute Gasteiger partial charge is 0.356 e. The minimum absolute atomic E-state index is 0.0275. The zero-order valence-corrected chi connectivity index (χ0v) is 10.8. The summed E-state index contributed by atoms with van der Waals surface area (Å²) in [6, 6.07) is 0.612. The molecule has 94 valence electrons. The Morgan fingerprint density at radius 1 is 1.71 bits per heavy atom. The Hall–Kier alpha value is -1.36. The number of nitrogens with one attached hydrogen (secondary N) is 1. The standard InChI is InChI=1S/C11H15ClFN3O/c1-4-16(3)11(17)7(2)15-10-9(13)5-8(12)6-14-10/h5-7H,4H2,1-3H3,(H,14,15). The number of halogens is 2. The van der Waals surface area contributed by atoms with E-state index < -0.39 is 11.9 Å². The number of hydrogen-bond donors (Lipinski definition) is 1. The van der Waals surface area contributed by atoms with E-state index in [-0.39, 0.29) is 16.7 Å². The van der Waals surface area contributed by atoms with Crippen molar-refractivity contribution in [1.82, 2.24) is 9.88 Å². The Kier molecular flexibility index (Phi) is 4.69. The van der Waals surface area contributed by atoms with E-state index in [0.717, 1.165) is 6.07 Å². The van der Waals surface area contributed by atoms with Crippen LogP contribution in [0.25, 0.3) is 0 Å². The highest BCUT2D eigenvalue weighted by molar-refractivity contribution is 6.30. The topological polar surface area (TPSA) is 45.2 Å². The molecular formula is C11H15ClFN3O. The molecule has 1 unspecified atom stereocenters. The van der Waals surface area contributed by atoms with Crippen molar-refractivity contribution in [2.75, 3.05) is 18.9 Å². The molecule has 0 saturated heterocycles. The first-order chi connectivity index (χ1) is 7.95. The van der Waals surface area contributed by atoms with E-state index in [4.69, 9.17) is 11.6 Å². The second kappa shape index (κ2) is 5.82. The number of anilines is 1. The molecule has 1 rings (SSSR count). The Bertz CT molecular complexity index is 414. The number of likely N-dealkylation sites (N-methyl/N-ethyl adjacent to an activating group) is 1. The zero-order chi connectivity index (χ0) is 13.0. The second-order valence-corrected chi connectivity index (χ2v) is 4.14. The molecule has 0 radical (unpaired) electrons. The summed E-state index contributed by atoms with van der Waals surface area (Å²) in [7, 11) is 1.69. The van der Waals surface area contributed by atoms with Crippen LogP contribution in [0.2, 0.25) is 5.02 Å². The number of carbonyl (C=O) groups is 1. The second-order valence-electron chi connectivity index (χ2n) is 3.70. The summed E-state index contributed by atoms with van der Waals surface area (Å²) in [5.41, 5.74) is 0. The van der Waals surface area contributed by atoms with Gasteiger partial charge in [-0.25, -0.2) is 9.37 Å². The Morgan fingerprint density at radius 3 is 2.88 bits per heavy atom. The Morgan fingerprint density at radius 2 is 2.35 bits per heavy atom. The van der Waals surface area contributed by atoms with Gasteiger partial charge in [0.1, 0.15) is 6.04 Å². The van der Waals surface area contributed by atoms with Crippen LogP contribution in [-0.2, 0) is 4.79 Å². The lowest BCUT2D eigenvalue weighted by Gasteiger charge is -2.21. The lowest BCUT2D eigenvalue weighted by molar-refractivity contribution is -0.130. The van der Waals surface area contributed by atoms with Gasteiger partial charge in [-0.1, -0.05) is 11.6 Å². The molecular weight excluding hydrogens is 245 g/mol. The molecule has 0 bridgehead atoms. The van der Waals surface area contributed by atoms with Crippen molar-refractivity contribution < 1.29 is 9.18 Å². The van der Waals surface area contributed by atoms with Crippen LogP contribution in [-0.4, -0.2) is 35.4 Å². The number of amides is 1. The maximum atomic E-state index is 13.4. The molecule has 6 heteroatoms. The molecule has 0 aliphatic rings. The van der Waals surface area contributed by atoms with E-state index in [1.807, 2.05) is 6.92 Å². The minimum atomic E-state index is -0.573. The molecule has 0 fully saturated rings. The van der Waals surface area contributed by atoms with Crippen molar-refractivity contribution in [2.45, 2.75) is 19.9 Å². The molecule has 1 aromatic rings. The Labute approximate surface area is 105 Å². The van der Waals surface area contributed by atoms with E-state index in [1.54, 1.807) is 18.9 Å². The van der Waals surface area contributed by atoms with Crippen LogP contribution in [0.15, 0.2) is 12.3 Å². The van der Waals surface area contributed by atoms with E-state index in [0.29, 0.717) is 6.54 Å². The molecule has 0 aromatic carbocycles. The number of pyridine rings is 1. The number of rotatable bonds is 4. The number of nitrogens with zero attached hydrogens (tertiary/aromatic N) is 2. The van der Waals surface area contributed by atoms with Crippen LogP contribution >= 0.6 is 11.6 Å². The lowest BCUT2D eigenvalue weighted by Crippen LogP contribution is -2.39. The van der Waals surface area contributed by atoms with Gasteiger partial charge in [0.2, 0.25) is 5.91 Å². The third-order valence-corrected chi connectivity index (χ3v) is 2.59. The van der Waals surface area contributed by atoms with Crippen molar-refractivity contribution in [1.29, 1.82) is 0 Å². The SMILES string of the molecule is CCN(C)C(=O)C(C)Nc1ncc(Cl)cc1F. The summed E-state index contributed by atoms with van der Waals surface area (Å²) in [4.78, 5) is 17.1. The van der Waals surface area contributed by atoms with Gasteiger partial charge in [-0.05, 0) is 19.9 Å². The van der Waals surface area contributed by atoms with Crippen molar-refractivity contribution >= 4 is 23.3 Å². The predicted octanol–water partition coefficient (Wildman–Crippen LogP) is 2.15. The zero-order valence-electron chi connectivity index (χ0n) is 10.00. The molecule has 0 aliphatic heterocycles. The molecule has 1 atom stereocenters. The highest BCUT2D eigenvalue weighted by Crippen LogP contribution is 2.16. The van der Waals surface area contributed by atoms with Gasteiger partial charge in [-0.15, -0.1) is 0 Å². The third kappa shape index (κ3) is 3.56. The lowest BCUT2D eigenvalue weighted by atomic mass is 10.3. The van der Waals surface area contributed by atoms with Crippen LogP contribution in [0.5, 0.6) is 0 Å². The number of hydrogen-bond acceptors (Lipinski definition) is 3. The van der Waals surface area contributed by atoms with Gasteiger partial charge in [0.15, 0.2) is 11.6 Å². The highest BCUT2D eigenvalue weighted by Gasteiger charge is 2.18. The van der Waals surface area contributed by atoms with Gasteiger partial charge in [0.25, 0.3) is 0 Å².